The summed E-state index contributed by atoms with van der Waals surface area (Å²) < 4.78 is 30.5. The average molecular weight is 525 g/mol. The monoisotopic (exact) mass is 524 g/mol. The molecular formula is C26H25ClN4O4S. The summed E-state index contributed by atoms with van der Waals surface area (Å²) in [5.74, 6) is -0.471. The zero-order chi connectivity index (χ0) is 25.1. The molecule has 1 saturated heterocycles. The standard InChI is InChI=1S/C26H25ClN4O4S/c27-21-11-9-20(10-12-21)26(19-5-2-1-3-6-19)31-16-14-30(15-17-31)24(32)13-18-36(33,34)23-8-4-7-22-25(23)29-35-28-22/h1-12,26H,13-18H2/t26-/m0/s1. The van der Waals surface area contributed by atoms with Crippen molar-refractivity contribution in [3.63, 3.8) is 0 Å². The van der Waals surface area contributed by atoms with E-state index in [1.807, 2.05) is 42.5 Å². The van der Waals surface area contributed by atoms with Gasteiger partial charge in [-0.2, -0.15) is 0 Å². The summed E-state index contributed by atoms with van der Waals surface area (Å²) >= 11 is 6.11. The predicted octanol–water partition coefficient (Wildman–Crippen LogP) is 3.97. The summed E-state index contributed by atoms with van der Waals surface area (Å²) in [7, 11) is -3.72. The van der Waals surface area contributed by atoms with Crippen molar-refractivity contribution in [3.8, 4) is 0 Å². The van der Waals surface area contributed by atoms with Gasteiger partial charge in [0.05, 0.1) is 16.7 Å². The number of rotatable bonds is 7. The highest BCUT2D eigenvalue weighted by molar-refractivity contribution is 7.91. The fourth-order valence-corrected chi connectivity index (χ4v) is 6.16. The van der Waals surface area contributed by atoms with Gasteiger partial charge in [-0.3, -0.25) is 9.69 Å². The molecule has 186 valence electrons. The quantitative estimate of drug-likeness (QED) is 0.361. The first-order valence-electron chi connectivity index (χ1n) is 11.7. The van der Waals surface area contributed by atoms with Crippen LogP contribution in [0.3, 0.4) is 0 Å². The van der Waals surface area contributed by atoms with Crippen molar-refractivity contribution < 1.29 is 17.8 Å². The highest BCUT2D eigenvalue weighted by atomic mass is 35.5. The SMILES string of the molecule is O=C(CCS(=O)(=O)c1cccc2nonc12)N1CCN([C@@H](c2ccccc2)c2ccc(Cl)cc2)CC1. The number of carbonyl (C=O) groups excluding carboxylic acids is 1. The molecule has 0 N–H and O–H groups in total. The Labute approximate surface area is 214 Å². The van der Waals surface area contributed by atoms with Crippen molar-refractivity contribution in [2.45, 2.75) is 17.4 Å². The van der Waals surface area contributed by atoms with Crippen LogP contribution < -0.4 is 0 Å². The van der Waals surface area contributed by atoms with E-state index in [0.29, 0.717) is 36.7 Å². The number of hydrogen-bond acceptors (Lipinski definition) is 7. The Morgan fingerprint density at radius 2 is 1.58 bits per heavy atom. The zero-order valence-electron chi connectivity index (χ0n) is 19.5. The van der Waals surface area contributed by atoms with Gasteiger partial charge in [0.25, 0.3) is 0 Å². The lowest BCUT2D eigenvalue weighted by atomic mass is 9.96. The third-order valence-corrected chi connectivity index (χ3v) is 8.49. The van der Waals surface area contributed by atoms with E-state index in [0.717, 1.165) is 5.56 Å². The van der Waals surface area contributed by atoms with E-state index in [-0.39, 0.29) is 34.5 Å². The number of piperazine rings is 1. The molecule has 0 saturated carbocycles. The van der Waals surface area contributed by atoms with E-state index in [9.17, 15) is 13.2 Å². The van der Waals surface area contributed by atoms with Crippen LogP contribution in [0.25, 0.3) is 11.0 Å². The minimum atomic E-state index is -3.72. The van der Waals surface area contributed by atoms with Crippen molar-refractivity contribution in [2.75, 3.05) is 31.9 Å². The van der Waals surface area contributed by atoms with Crippen LogP contribution in [-0.2, 0) is 14.6 Å². The fourth-order valence-electron chi connectivity index (χ4n) is 4.65. The van der Waals surface area contributed by atoms with Gasteiger partial charge < -0.3 is 4.90 Å². The lowest BCUT2D eigenvalue weighted by molar-refractivity contribution is -0.132. The topological polar surface area (TPSA) is 96.6 Å². The Balaban J connectivity index is 1.24. The number of aromatic nitrogens is 2. The first-order chi connectivity index (χ1) is 17.4. The van der Waals surface area contributed by atoms with Gasteiger partial charge in [-0.05, 0) is 45.7 Å². The van der Waals surface area contributed by atoms with Crippen molar-refractivity contribution in [1.82, 2.24) is 20.1 Å². The summed E-state index contributed by atoms with van der Waals surface area (Å²) in [5, 5.41) is 8.09. The van der Waals surface area contributed by atoms with Crippen LogP contribution in [-0.4, -0.2) is 66.4 Å². The average Bonchev–Trinajstić information content (AvgIpc) is 3.39. The molecule has 10 heteroatoms. The molecule has 4 aromatic rings. The number of hydrogen-bond donors (Lipinski definition) is 0. The molecular weight excluding hydrogens is 500 g/mol. The van der Waals surface area contributed by atoms with Crippen LogP contribution in [0.5, 0.6) is 0 Å². The second-order valence-electron chi connectivity index (χ2n) is 8.74. The molecule has 36 heavy (non-hydrogen) atoms. The van der Waals surface area contributed by atoms with Crippen molar-refractivity contribution >= 4 is 38.4 Å². The summed E-state index contributed by atoms with van der Waals surface area (Å²) in [4.78, 5) is 17.0. The number of sulfone groups is 1. The first kappa shape index (κ1) is 24.4. The van der Waals surface area contributed by atoms with Gasteiger partial charge >= 0.3 is 0 Å². The van der Waals surface area contributed by atoms with Gasteiger partial charge in [-0.1, -0.05) is 60.1 Å². The van der Waals surface area contributed by atoms with Gasteiger partial charge in [0.2, 0.25) is 5.91 Å². The summed E-state index contributed by atoms with van der Waals surface area (Å²) in [6.45, 7) is 2.40. The number of nitrogens with zero attached hydrogens (tertiary/aromatic N) is 4. The maximum atomic E-state index is 12.9. The molecule has 3 aromatic carbocycles. The van der Waals surface area contributed by atoms with Crippen LogP contribution in [0.1, 0.15) is 23.6 Å². The van der Waals surface area contributed by atoms with Gasteiger partial charge in [-0.15, -0.1) is 0 Å². The van der Waals surface area contributed by atoms with Crippen molar-refractivity contribution in [3.05, 3.63) is 88.9 Å². The maximum absolute atomic E-state index is 12.9. The predicted molar refractivity (Wildman–Crippen MR) is 136 cm³/mol. The number of carbonyl (C=O) groups is 1. The summed E-state index contributed by atoms with van der Waals surface area (Å²) in [5.41, 5.74) is 2.86. The Morgan fingerprint density at radius 1 is 0.889 bits per heavy atom. The molecule has 0 unspecified atom stereocenters. The Morgan fingerprint density at radius 3 is 2.31 bits per heavy atom. The fraction of sp³-hybridized carbons (Fsp3) is 0.269. The number of fused-ring (bicyclic) bond motifs is 1. The van der Waals surface area contributed by atoms with Crippen LogP contribution >= 0.6 is 11.6 Å². The van der Waals surface area contributed by atoms with E-state index in [1.54, 1.807) is 17.0 Å². The van der Waals surface area contributed by atoms with Crippen LogP contribution in [0.4, 0.5) is 0 Å². The smallest absolute Gasteiger partial charge is 0.223 e. The molecule has 0 bridgehead atoms. The number of amides is 1. The lowest BCUT2D eigenvalue weighted by Gasteiger charge is -2.40. The van der Waals surface area contributed by atoms with E-state index in [2.05, 4.69) is 32.0 Å². The van der Waals surface area contributed by atoms with E-state index >= 15 is 0 Å². The number of benzene rings is 3. The molecule has 2 heterocycles. The minimum absolute atomic E-state index is 0.0348. The second kappa shape index (κ2) is 10.4. The highest BCUT2D eigenvalue weighted by Crippen LogP contribution is 2.30. The molecule has 1 aliphatic heterocycles. The molecule has 1 atom stereocenters. The van der Waals surface area contributed by atoms with Crippen LogP contribution in [0, 0.1) is 0 Å². The van der Waals surface area contributed by atoms with Gasteiger partial charge in [-0.25, -0.2) is 13.0 Å². The molecule has 8 nitrogen and oxygen atoms in total. The Kier molecular flexibility index (Phi) is 7.04. The second-order valence-corrected chi connectivity index (χ2v) is 11.3. The minimum Gasteiger partial charge on any atom is -0.340 e. The molecule has 1 fully saturated rings. The van der Waals surface area contributed by atoms with Gasteiger partial charge in [0.1, 0.15) is 5.52 Å². The van der Waals surface area contributed by atoms with E-state index in [4.69, 9.17) is 11.6 Å². The molecule has 1 aliphatic rings. The lowest BCUT2D eigenvalue weighted by Crippen LogP contribution is -2.50. The molecule has 1 aromatic heterocycles. The number of halogens is 1. The maximum Gasteiger partial charge on any atom is 0.223 e. The summed E-state index contributed by atoms with van der Waals surface area (Å²) in [6.07, 6.45) is -0.0939. The third-order valence-electron chi connectivity index (χ3n) is 6.50. The first-order valence-corrected chi connectivity index (χ1v) is 13.7. The molecule has 0 radical (unpaired) electrons. The molecule has 5 rings (SSSR count). The van der Waals surface area contributed by atoms with Crippen molar-refractivity contribution in [1.29, 1.82) is 0 Å². The molecule has 0 aliphatic carbocycles. The Bertz CT molecular complexity index is 1450. The van der Waals surface area contributed by atoms with Gasteiger partial charge in [0.15, 0.2) is 15.4 Å². The normalized spacial score (nSPS) is 15.8. The van der Waals surface area contributed by atoms with Crippen LogP contribution in [0.15, 0.2) is 82.3 Å². The van der Waals surface area contributed by atoms with E-state index in [1.165, 1.54) is 11.6 Å². The molecule has 0 spiro atoms. The Hall–Kier alpha value is -3.27. The third kappa shape index (κ3) is 5.13. The van der Waals surface area contributed by atoms with Gasteiger partial charge in [0, 0.05) is 37.6 Å². The van der Waals surface area contributed by atoms with E-state index < -0.39 is 9.84 Å². The zero-order valence-corrected chi connectivity index (χ0v) is 21.0. The summed E-state index contributed by atoms with van der Waals surface area (Å²) in [6, 6.07) is 22.8. The van der Waals surface area contributed by atoms with Crippen LogP contribution in [0.2, 0.25) is 5.02 Å². The highest BCUT2D eigenvalue weighted by Gasteiger charge is 2.29. The van der Waals surface area contributed by atoms with Crippen molar-refractivity contribution in [2.24, 2.45) is 0 Å². The largest absolute Gasteiger partial charge is 0.340 e. The molecule has 1 amide bonds.